The van der Waals surface area contributed by atoms with E-state index in [0.29, 0.717) is 22.3 Å². The molecule has 1 aliphatic carbocycles. The fraction of sp³-hybridized carbons (Fsp3) is 0.179. The van der Waals surface area contributed by atoms with Gasteiger partial charge in [-0.3, -0.25) is 4.79 Å². The van der Waals surface area contributed by atoms with E-state index in [1.807, 2.05) is 48.5 Å². The van der Waals surface area contributed by atoms with Gasteiger partial charge in [-0.05, 0) is 39.9 Å². The summed E-state index contributed by atoms with van der Waals surface area (Å²) < 4.78 is 15.5. The molecule has 0 aliphatic heterocycles. The first kappa shape index (κ1) is 22.4. The number of fused-ring (bicyclic) bond motifs is 4. The maximum atomic E-state index is 13.6. The SMILES string of the molecule is COC(=O)[C@@H](Cc1cc(=O)oc2cc(OC)ccc12)NC(=O)C1c2ccccc2-c2ccccc21. The molecule has 1 heterocycles. The van der Waals surface area contributed by atoms with E-state index in [4.69, 9.17) is 13.9 Å². The summed E-state index contributed by atoms with van der Waals surface area (Å²) in [6.45, 7) is 0. The maximum absolute atomic E-state index is 13.6. The van der Waals surface area contributed by atoms with Crippen LogP contribution < -0.4 is 15.7 Å². The molecule has 0 saturated carbocycles. The Balaban J connectivity index is 1.49. The number of methoxy groups -OCH3 is 2. The van der Waals surface area contributed by atoms with Crippen molar-refractivity contribution in [2.45, 2.75) is 18.4 Å². The number of carbonyl (C=O) groups excluding carboxylic acids is 2. The Labute approximate surface area is 201 Å². The molecule has 0 spiro atoms. The molecule has 4 aromatic rings. The molecular weight excluding hydrogens is 446 g/mol. The van der Waals surface area contributed by atoms with Crippen molar-refractivity contribution in [1.29, 1.82) is 0 Å². The van der Waals surface area contributed by atoms with Crippen molar-refractivity contribution >= 4 is 22.8 Å². The molecule has 0 bridgehead atoms. The van der Waals surface area contributed by atoms with Crippen LogP contribution in [-0.4, -0.2) is 32.1 Å². The minimum atomic E-state index is -1.00. The molecule has 0 radical (unpaired) electrons. The zero-order chi connectivity index (χ0) is 24.5. The second kappa shape index (κ2) is 9.10. The highest BCUT2D eigenvalue weighted by atomic mass is 16.5. The van der Waals surface area contributed by atoms with Gasteiger partial charge in [0, 0.05) is 23.9 Å². The van der Waals surface area contributed by atoms with Gasteiger partial charge in [0.2, 0.25) is 5.91 Å². The van der Waals surface area contributed by atoms with Crippen LogP contribution in [0, 0.1) is 0 Å². The minimum Gasteiger partial charge on any atom is -0.497 e. The summed E-state index contributed by atoms with van der Waals surface area (Å²) in [5.41, 5.74) is 4.09. The van der Waals surface area contributed by atoms with Crippen LogP contribution in [0.1, 0.15) is 22.6 Å². The van der Waals surface area contributed by atoms with E-state index >= 15 is 0 Å². The van der Waals surface area contributed by atoms with Crippen molar-refractivity contribution in [2.75, 3.05) is 14.2 Å². The summed E-state index contributed by atoms with van der Waals surface area (Å²) in [5, 5.41) is 3.52. The normalized spacial score (nSPS) is 13.1. The monoisotopic (exact) mass is 469 g/mol. The smallest absolute Gasteiger partial charge is 0.336 e. The zero-order valence-electron chi connectivity index (χ0n) is 19.2. The lowest BCUT2D eigenvalue weighted by atomic mass is 9.95. The number of benzene rings is 3. The second-order valence-electron chi connectivity index (χ2n) is 8.35. The molecule has 1 N–H and O–H groups in total. The average Bonchev–Trinajstić information content (AvgIpc) is 3.21. The highest BCUT2D eigenvalue weighted by Gasteiger charge is 2.35. The molecule has 1 atom stereocenters. The summed E-state index contributed by atoms with van der Waals surface area (Å²) in [5.74, 6) is -0.940. The van der Waals surface area contributed by atoms with Crippen LogP contribution in [0.4, 0.5) is 0 Å². The van der Waals surface area contributed by atoms with E-state index in [2.05, 4.69) is 5.32 Å². The van der Waals surface area contributed by atoms with Crippen LogP contribution in [0.25, 0.3) is 22.1 Å². The molecule has 176 valence electrons. The summed E-state index contributed by atoms with van der Waals surface area (Å²) in [4.78, 5) is 38.5. The Morgan fingerprint density at radius 3 is 2.23 bits per heavy atom. The van der Waals surface area contributed by atoms with Gasteiger partial charge in [0.25, 0.3) is 0 Å². The number of rotatable bonds is 6. The van der Waals surface area contributed by atoms with E-state index < -0.39 is 23.6 Å². The number of hydrogen-bond donors (Lipinski definition) is 1. The number of ether oxygens (including phenoxy) is 2. The van der Waals surface area contributed by atoms with Gasteiger partial charge in [-0.25, -0.2) is 9.59 Å². The number of carbonyl (C=O) groups is 2. The van der Waals surface area contributed by atoms with Gasteiger partial charge in [-0.15, -0.1) is 0 Å². The van der Waals surface area contributed by atoms with Gasteiger partial charge in [0.15, 0.2) is 0 Å². The highest BCUT2D eigenvalue weighted by Crippen LogP contribution is 2.44. The van der Waals surface area contributed by atoms with E-state index in [9.17, 15) is 14.4 Å². The first-order chi connectivity index (χ1) is 17.0. The molecule has 3 aromatic carbocycles. The van der Waals surface area contributed by atoms with E-state index in [1.165, 1.54) is 20.3 Å². The fourth-order valence-corrected chi connectivity index (χ4v) is 4.75. The van der Waals surface area contributed by atoms with Crippen LogP contribution in [0.3, 0.4) is 0 Å². The molecule has 7 nitrogen and oxygen atoms in total. The van der Waals surface area contributed by atoms with E-state index in [-0.39, 0.29) is 12.3 Å². The maximum Gasteiger partial charge on any atom is 0.336 e. The van der Waals surface area contributed by atoms with E-state index in [1.54, 1.807) is 18.2 Å². The Kier molecular flexibility index (Phi) is 5.82. The third-order valence-corrected chi connectivity index (χ3v) is 6.36. The summed E-state index contributed by atoms with van der Waals surface area (Å²) in [7, 11) is 2.79. The van der Waals surface area contributed by atoms with Crippen LogP contribution in [-0.2, 0) is 20.7 Å². The van der Waals surface area contributed by atoms with Crippen LogP contribution in [0.2, 0.25) is 0 Å². The molecule has 0 unspecified atom stereocenters. The Morgan fingerprint density at radius 2 is 1.60 bits per heavy atom. The minimum absolute atomic E-state index is 0.0584. The van der Waals surface area contributed by atoms with Crippen molar-refractivity contribution in [3.8, 4) is 16.9 Å². The first-order valence-electron chi connectivity index (χ1n) is 11.2. The molecule has 35 heavy (non-hydrogen) atoms. The molecule has 0 fully saturated rings. The van der Waals surface area contributed by atoms with Crippen LogP contribution in [0.5, 0.6) is 5.75 Å². The predicted octanol–water partition coefficient (Wildman–Crippen LogP) is 3.81. The van der Waals surface area contributed by atoms with Gasteiger partial charge in [0.1, 0.15) is 17.4 Å². The van der Waals surface area contributed by atoms with Crippen molar-refractivity contribution in [3.05, 3.63) is 99.9 Å². The Hall–Kier alpha value is -4.39. The zero-order valence-corrected chi connectivity index (χ0v) is 19.2. The molecule has 1 aliphatic rings. The topological polar surface area (TPSA) is 94.8 Å². The summed E-state index contributed by atoms with van der Waals surface area (Å²) >= 11 is 0. The molecule has 0 saturated heterocycles. The summed E-state index contributed by atoms with van der Waals surface area (Å²) in [6.07, 6.45) is 0.0584. The lowest BCUT2D eigenvalue weighted by molar-refractivity contribution is -0.145. The average molecular weight is 469 g/mol. The molecule has 1 aromatic heterocycles. The van der Waals surface area contributed by atoms with Gasteiger partial charge >= 0.3 is 11.6 Å². The second-order valence-corrected chi connectivity index (χ2v) is 8.35. The first-order valence-corrected chi connectivity index (χ1v) is 11.2. The highest BCUT2D eigenvalue weighted by molar-refractivity contribution is 5.98. The molecule has 7 heteroatoms. The molecule has 5 rings (SSSR count). The molecule has 1 amide bonds. The Morgan fingerprint density at radius 1 is 0.943 bits per heavy atom. The fourth-order valence-electron chi connectivity index (χ4n) is 4.75. The predicted molar refractivity (Wildman–Crippen MR) is 130 cm³/mol. The quantitative estimate of drug-likeness (QED) is 0.341. The largest absolute Gasteiger partial charge is 0.497 e. The Bertz CT molecular complexity index is 1460. The van der Waals surface area contributed by atoms with Crippen LogP contribution >= 0.6 is 0 Å². The van der Waals surface area contributed by atoms with Crippen molar-refractivity contribution < 1.29 is 23.5 Å². The van der Waals surface area contributed by atoms with Gasteiger partial charge in [-0.1, -0.05) is 48.5 Å². The summed E-state index contributed by atoms with van der Waals surface area (Å²) in [6, 6.07) is 20.9. The number of esters is 1. The number of amides is 1. The van der Waals surface area contributed by atoms with Crippen molar-refractivity contribution in [2.24, 2.45) is 0 Å². The van der Waals surface area contributed by atoms with Crippen molar-refractivity contribution in [3.63, 3.8) is 0 Å². The van der Waals surface area contributed by atoms with E-state index in [0.717, 1.165) is 22.3 Å². The lowest BCUT2D eigenvalue weighted by Gasteiger charge is -2.21. The number of nitrogens with one attached hydrogen (secondary N) is 1. The third kappa shape index (κ3) is 4.05. The third-order valence-electron chi connectivity index (χ3n) is 6.36. The lowest BCUT2D eigenvalue weighted by Crippen LogP contribution is -2.45. The van der Waals surface area contributed by atoms with Gasteiger partial charge < -0.3 is 19.2 Å². The van der Waals surface area contributed by atoms with Gasteiger partial charge in [0.05, 0.1) is 20.1 Å². The van der Waals surface area contributed by atoms with Gasteiger partial charge in [-0.2, -0.15) is 0 Å². The number of hydrogen-bond acceptors (Lipinski definition) is 6. The van der Waals surface area contributed by atoms with Crippen molar-refractivity contribution in [1.82, 2.24) is 5.32 Å². The molecular formula is C28H23NO6. The standard InChI is InChI=1S/C28H23NO6/c1-33-17-11-12-18-16(14-25(30)35-24(18)15-17)13-23(28(32)34-2)29-27(31)26-21-9-5-3-7-19(21)20-8-4-6-10-22(20)26/h3-12,14-15,23,26H,13H2,1-2H3,(H,29,31)/t23-/m1/s1. The van der Waals surface area contributed by atoms with Crippen LogP contribution in [0.15, 0.2) is 82.0 Å².